The van der Waals surface area contributed by atoms with Gasteiger partial charge in [0, 0.05) is 0 Å². The standard InChI is InChI=1S/C6H7ClN2O/c1-10-6-3-2-5(4-7)8-9-6/h2-3H,4H2,1H3/p+1. The second kappa shape index (κ2) is 3.37. The molecule has 0 bridgehead atoms. The van der Waals surface area contributed by atoms with Crippen LogP contribution in [0.4, 0.5) is 0 Å². The van der Waals surface area contributed by atoms with Crippen LogP contribution in [-0.4, -0.2) is 12.2 Å². The second-order valence-corrected chi connectivity index (χ2v) is 2.02. The number of nitrogens with one attached hydrogen (secondary N) is 1. The molecule has 1 N–H and O–H groups in total. The third kappa shape index (κ3) is 1.57. The van der Waals surface area contributed by atoms with Gasteiger partial charge in [-0.2, -0.15) is 0 Å². The van der Waals surface area contributed by atoms with Crippen molar-refractivity contribution in [2.24, 2.45) is 0 Å². The van der Waals surface area contributed by atoms with E-state index in [1.54, 1.807) is 13.2 Å². The van der Waals surface area contributed by atoms with Crippen molar-refractivity contribution in [2.75, 3.05) is 7.11 Å². The first-order valence-corrected chi connectivity index (χ1v) is 3.38. The molecule has 0 aromatic carbocycles. The van der Waals surface area contributed by atoms with E-state index in [0.717, 1.165) is 5.69 Å². The quantitative estimate of drug-likeness (QED) is 0.594. The lowest BCUT2D eigenvalue weighted by Gasteiger charge is -1.89. The van der Waals surface area contributed by atoms with Crippen molar-refractivity contribution in [1.82, 2.24) is 5.10 Å². The second-order valence-electron chi connectivity index (χ2n) is 1.75. The highest BCUT2D eigenvalue weighted by Gasteiger charge is 2.00. The van der Waals surface area contributed by atoms with Gasteiger partial charge >= 0.3 is 5.88 Å². The molecule has 0 unspecified atom stereocenters. The summed E-state index contributed by atoms with van der Waals surface area (Å²) in [7, 11) is 1.58. The Morgan fingerprint density at radius 1 is 1.70 bits per heavy atom. The van der Waals surface area contributed by atoms with E-state index in [1.165, 1.54) is 0 Å². The number of aromatic amines is 1. The molecule has 0 fully saturated rings. The molecule has 0 aliphatic rings. The van der Waals surface area contributed by atoms with Gasteiger partial charge in [0.15, 0.2) is 0 Å². The number of nitrogens with zero attached hydrogens (tertiary/aromatic N) is 1. The summed E-state index contributed by atoms with van der Waals surface area (Å²) in [5, 5.41) is 6.57. The largest absolute Gasteiger partial charge is 0.446 e. The van der Waals surface area contributed by atoms with Crippen LogP contribution >= 0.6 is 11.6 Å². The van der Waals surface area contributed by atoms with Crippen molar-refractivity contribution in [3.63, 3.8) is 0 Å². The fraction of sp³-hybridized carbons (Fsp3) is 0.333. The maximum Gasteiger partial charge on any atom is 0.391 e. The lowest BCUT2D eigenvalue weighted by atomic mass is 10.4. The Morgan fingerprint density at radius 2 is 2.50 bits per heavy atom. The minimum Gasteiger partial charge on any atom is -0.446 e. The molecule has 0 radical (unpaired) electrons. The molecule has 3 nitrogen and oxygen atoms in total. The zero-order valence-corrected chi connectivity index (χ0v) is 6.35. The third-order valence-corrected chi connectivity index (χ3v) is 1.37. The summed E-state index contributed by atoms with van der Waals surface area (Å²) in [6, 6.07) is 3.59. The lowest BCUT2D eigenvalue weighted by molar-refractivity contribution is -0.467. The van der Waals surface area contributed by atoms with Crippen LogP contribution in [0.3, 0.4) is 0 Å². The summed E-state index contributed by atoms with van der Waals surface area (Å²) >= 11 is 5.50. The fourth-order valence-corrected chi connectivity index (χ4v) is 0.710. The molecule has 1 heterocycles. The number of ether oxygens (including phenoxy) is 1. The van der Waals surface area contributed by atoms with Gasteiger partial charge in [-0.3, -0.25) is 0 Å². The van der Waals surface area contributed by atoms with Crippen LogP contribution in [0.1, 0.15) is 5.69 Å². The van der Waals surface area contributed by atoms with E-state index >= 15 is 0 Å². The summed E-state index contributed by atoms with van der Waals surface area (Å²) in [4.78, 5) is 0. The zero-order valence-electron chi connectivity index (χ0n) is 5.60. The first-order chi connectivity index (χ1) is 4.86. The summed E-state index contributed by atoms with van der Waals surface area (Å²) in [6.45, 7) is 0. The van der Waals surface area contributed by atoms with Gasteiger partial charge in [0.25, 0.3) is 0 Å². The van der Waals surface area contributed by atoms with Crippen LogP contribution < -0.4 is 9.84 Å². The van der Waals surface area contributed by atoms with Gasteiger partial charge in [-0.1, -0.05) is 5.10 Å². The monoisotopic (exact) mass is 159 g/mol. The Labute approximate surface area is 64.0 Å². The van der Waals surface area contributed by atoms with E-state index in [4.69, 9.17) is 16.3 Å². The Kier molecular flexibility index (Phi) is 2.45. The third-order valence-electron chi connectivity index (χ3n) is 1.09. The number of alkyl halides is 1. The predicted octanol–water partition coefficient (Wildman–Crippen LogP) is 0.643. The molecular formula is C6H8ClN2O+. The first-order valence-electron chi connectivity index (χ1n) is 2.84. The maximum absolute atomic E-state index is 5.50. The van der Waals surface area contributed by atoms with Gasteiger partial charge in [0.05, 0.1) is 19.1 Å². The smallest absolute Gasteiger partial charge is 0.391 e. The van der Waals surface area contributed by atoms with E-state index in [0.29, 0.717) is 11.8 Å². The molecule has 1 aromatic rings. The first kappa shape index (κ1) is 7.28. The normalized spacial score (nSPS) is 9.40. The Hall–Kier alpha value is -0.830. The summed E-state index contributed by atoms with van der Waals surface area (Å²) < 4.78 is 4.85. The van der Waals surface area contributed by atoms with Gasteiger partial charge in [0.2, 0.25) is 0 Å². The van der Waals surface area contributed by atoms with Gasteiger partial charge in [0.1, 0.15) is 5.69 Å². The lowest BCUT2D eigenvalue weighted by Crippen LogP contribution is -2.13. The highest BCUT2D eigenvalue weighted by Crippen LogP contribution is 2.00. The molecule has 1 aromatic heterocycles. The van der Waals surface area contributed by atoms with E-state index < -0.39 is 0 Å². The predicted molar refractivity (Wildman–Crippen MR) is 36.9 cm³/mol. The molecule has 0 aliphatic heterocycles. The fourth-order valence-electron chi connectivity index (χ4n) is 0.561. The molecule has 0 spiro atoms. The van der Waals surface area contributed by atoms with Crippen molar-refractivity contribution in [2.45, 2.75) is 5.88 Å². The summed E-state index contributed by atoms with van der Waals surface area (Å²) in [5.74, 6) is 1.05. The van der Waals surface area contributed by atoms with Crippen molar-refractivity contribution >= 4 is 11.6 Å². The molecule has 0 amide bonds. The van der Waals surface area contributed by atoms with E-state index in [-0.39, 0.29) is 0 Å². The molecule has 1 rings (SSSR count). The van der Waals surface area contributed by atoms with Crippen molar-refractivity contribution in [3.05, 3.63) is 17.8 Å². The van der Waals surface area contributed by atoms with E-state index in [9.17, 15) is 0 Å². The highest BCUT2D eigenvalue weighted by atomic mass is 35.5. The van der Waals surface area contributed by atoms with E-state index in [1.807, 2.05) is 6.07 Å². The van der Waals surface area contributed by atoms with Crippen LogP contribution in [-0.2, 0) is 5.88 Å². The Morgan fingerprint density at radius 3 is 2.90 bits per heavy atom. The number of rotatable bonds is 2. The molecule has 0 aliphatic carbocycles. The van der Waals surface area contributed by atoms with E-state index in [2.05, 4.69) is 10.2 Å². The molecular weight excluding hydrogens is 152 g/mol. The van der Waals surface area contributed by atoms with Crippen molar-refractivity contribution in [3.8, 4) is 5.88 Å². The molecule has 4 heteroatoms. The van der Waals surface area contributed by atoms with Gasteiger partial charge in [-0.05, 0) is 11.2 Å². The van der Waals surface area contributed by atoms with Crippen LogP contribution in [0.2, 0.25) is 0 Å². The maximum atomic E-state index is 5.50. The minimum absolute atomic E-state index is 0.417. The summed E-state index contributed by atoms with van der Waals surface area (Å²) in [6.07, 6.45) is 0. The van der Waals surface area contributed by atoms with Gasteiger partial charge < -0.3 is 4.74 Å². The number of hydrogen-bond donors (Lipinski definition) is 0. The molecule has 0 saturated carbocycles. The Bertz CT molecular complexity index is 176. The van der Waals surface area contributed by atoms with Crippen LogP contribution in [0, 0.1) is 0 Å². The van der Waals surface area contributed by atoms with Crippen LogP contribution in [0.25, 0.3) is 0 Å². The Balaban J connectivity index is 2.80. The van der Waals surface area contributed by atoms with Crippen molar-refractivity contribution in [1.29, 1.82) is 0 Å². The summed E-state index contributed by atoms with van der Waals surface area (Å²) in [5.41, 5.74) is 0.808. The van der Waals surface area contributed by atoms with Gasteiger partial charge in [-0.25, -0.2) is 0 Å². The van der Waals surface area contributed by atoms with Crippen molar-refractivity contribution < 1.29 is 9.84 Å². The number of hydrogen-bond acceptors (Lipinski definition) is 2. The number of methoxy groups -OCH3 is 1. The van der Waals surface area contributed by atoms with Crippen LogP contribution in [0.5, 0.6) is 5.88 Å². The van der Waals surface area contributed by atoms with Crippen LogP contribution in [0.15, 0.2) is 12.1 Å². The highest BCUT2D eigenvalue weighted by molar-refractivity contribution is 6.16. The molecule has 0 saturated heterocycles. The average Bonchev–Trinajstić information content (AvgIpc) is 2.05. The minimum atomic E-state index is 0.417. The van der Waals surface area contributed by atoms with Gasteiger partial charge in [-0.15, -0.1) is 11.6 Å². The topological polar surface area (TPSA) is 36.3 Å². The SMILES string of the molecule is COc1ccc(CCl)n[nH+]1. The number of halogens is 1. The molecule has 0 atom stereocenters. The number of H-pyrrole nitrogens is 1. The number of aromatic nitrogens is 2. The zero-order chi connectivity index (χ0) is 7.40. The average molecular weight is 160 g/mol. The molecule has 54 valence electrons. The molecule has 10 heavy (non-hydrogen) atoms.